The molecule has 0 aliphatic carbocycles. The molecule has 22 heavy (non-hydrogen) atoms. The Balaban J connectivity index is 1.85. The van der Waals surface area contributed by atoms with Gasteiger partial charge in [-0.2, -0.15) is 0 Å². The standard InChI is InChI=1S/C19H25NO2/c1-4-12-21-18-10-7-9-17(13-18)20-14-16(3)22-19-11-6-5-8-15(19)2/h5-11,13,16,20H,4,12,14H2,1-3H3/t16-/m0/s1. The van der Waals surface area contributed by atoms with Crippen LogP contribution in [0.2, 0.25) is 0 Å². The van der Waals surface area contributed by atoms with E-state index < -0.39 is 0 Å². The topological polar surface area (TPSA) is 30.5 Å². The quantitative estimate of drug-likeness (QED) is 0.768. The number of benzene rings is 2. The van der Waals surface area contributed by atoms with Crippen LogP contribution >= 0.6 is 0 Å². The van der Waals surface area contributed by atoms with Crippen molar-refractivity contribution < 1.29 is 9.47 Å². The lowest BCUT2D eigenvalue weighted by molar-refractivity contribution is 0.233. The van der Waals surface area contributed by atoms with Crippen LogP contribution in [-0.4, -0.2) is 19.3 Å². The van der Waals surface area contributed by atoms with Crippen molar-refractivity contribution in [2.75, 3.05) is 18.5 Å². The molecule has 2 rings (SSSR count). The smallest absolute Gasteiger partial charge is 0.122 e. The summed E-state index contributed by atoms with van der Waals surface area (Å²) in [5.74, 6) is 1.84. The van der Waals surface area contributed by atoms with Crippen LogP contribution in [-0.2, 0) is 0 Å². The van der Waals surface area contributed by atoms with Gasteiger partial charge in [-0.05, 0) is 44.0 Å². The van der Waals surface area contributed by atoms with Crippen LogP contribution in [0.3, 0.4) is 0 Å². The van der Waals surface area contributed by atoms with Gasteiger partial charge in [0.1, 0.15) is 17.6 Å². The molecule has 0 amide bonds. The fraction of sp³-hybridized carbons (Fsp3) is 0.368. The van der Waals surface area contributed by atoms with E-state index in [0.717, 1.165) is 42.3 Å². The maximum atomic E-state index is 5.97. The minimum absolute atomic E-state index is 0.0846. The van der Waals surface area contributed by atoms with Crippen LogP contribution in [0, 0.1) is 6.92 Å². The Morgan fingerprint density at radius 3 is 2.68 bits per heavy atom. The van der Waals surface area contributed by atoms with Crippen LogP contribution in [0.25, 0.3) is 0 Å². The van der Waals surface area contributed by atoms with E-state index in [9.17, 15) is 0 Å². The second-order valence-corrected chi connectivity index (χ2v) is 5.45. The zero-order valence-corrected chi connectivity index (χ0v) is 13.6. The highest BCUT2D eigenvalue weighted by Crippen LogP contribution is 2.19. The highest BCUT2D eigenvalue weighted by Gasteiger charge is 2.06. The molecule has 0 aliphatic rings. The van der Waals surface area contributed by atoms with E-state index in [1.807, 2.05) is 42.5 Å². The number of ether oxygens (including phenoxy) is 2. The Bertz CT molecular complexity index is 583. The van der Waals surface area contributed by atoms with Crippen molar-refractivity contribution in [3.05, 3.63) is 54.1 Å². The van der Waals surface area contributed by atoms with Crippen LogP contribution in [0.5, 0.6) is 11.5 Å². The fourth-order valence-corrected chi connectivity index (χ4v) is 2.12. The number of para-hydroxylation sites is 1. The van der Waals surface area contributed by atoms with Crippen LogP contribution in [0.1, 0.15) is 25.8 Å². The van der Waals surface area contributed by atoms with E-state index in [0.29, 0.717) is 0 Å². The molecule has 118 valence electrons. The van der Waals surface area contributed by atoms with Crippen molar-refractivity contribution in [3.63, 3.8) is 0 Å². The van der Waals surface area contributed by atoms with Crippen molar-refractivity contribution in [1.29, 1.82) is 0 Å². The van der Waals surface area contributed by atoms with Crippen LogP contribution in [0.4, 0.5) is 5.69 Å². The van der Waals surface area contributed by atoms with Gasteiger partial charge in [-0.1, -0.05) is 31.2 Å². The van der Waals surface area contributed by atoms with Gasteiger partial charge in [-0.15, -0.1) is 0 Å². The minimum Gasteiger partial charge on any atom is -0.494 e. The van der Waals surface area contributed by atoms with Gasteiger partial charge in [-0.25, -0.2) is 0 Å². The fourth-order valence-electron chi connectivity index (χ4n) is 2.12. The number of nitrogens with one attached hydrogen (secondary N) is 1. The summed E-state index contributed by atoms with van der Waals surface area (Å²) in [5.41, 5.74) is 2.21. The SMILES string of the molecule is CCCOc1cccc(NC[C@H](C)Oc2ccccc2C)c1. The van der Waals surface area contributed by atoms with Crippen molar-refractivity contribution in [3.8, 4) is 11.5 Å². The van der Waals surface area contributed by atoms with E-state index in [2.05, 4.69) is 32.2 Å². The van der Waals surface area contributed by atoms with Gasteiger partial charge < -0.3 is 14.8 Å². The molecule has 0 heterocycles. The van der Waals surface area contributed by atoms with Crippen molar-refractivity contribution in [2.24, 2.45) is 0 Å². The van der Waals surface area contributed by atoms with Gasteiger partial charge in [0.2, 0.25) is 0 Å². The molecule has 2 aromatic rings. The van der Waals surface area contributed by atoms with E-state index in [-0.39, 0.29) is 6.10 Å². The lowest BCUT2D eigenvalue weighted by Crippen LogP contribution is -2.23. The van der Waals surface area contributed by atoms with Crippen molar-refractivity contribution >= 4 is 5.69 Å². The van der Waals surface area contributed by atoms with Gasteiger partial charge in [0.05, 0.1) is 13.2 Å². The molecule has 0 aromatic heterocycles. The first kappa shape index (κ1) is 16.2. The second-order valence-electron chi connectivity index (χ2n) is 5.45. The molecule has 0 saturated carbocycles. The molecule has 0 aliphatic heterocycles. The molecule has 0 fully saturated rings. The Morgan fingerprint density at radius 1 is 1.09 bits per heavy atom. The monoisotopic (exact) mass is 299 g/mol. The zero-order chi connectivity index (χ0) is 15.8. The highest BCUT2D eigenvalue weighted by molar-refractivity contribution is 5.48. The first-order valence-electron chi connectivity index (χ1n) is 7.88. The number of anilines is 1. The summed E-state index contributed by atoms with van der Waals surface area (Å²) in [7, 11) is 0. The van der Waals surface area contributed by atoms with Gasteiger partial charge in [0.15, 0.2) is 0 Å². The first-order chi connectivity index (χ1) is 10.7. The third-order valence-corrected chi connectivity index (χ3v) is 3.32. The van der Waals surface area contributed by atoms with Gasteiger partial charge >= 0.3 is 0 Å². The average Bonchev–Trinajstić information content (AvgIpc) is 2.53. The molecule has 1 N–H and O–H groups in total. The predicted octanol–water partition coefficient (Wildman–Crippen LogP) is 4.66. The summed E-state index contributed by atoms with van der Waals surface area (Å²) in [5, 5.41) is 3.40. The molecule has 3 heteroatoms. The maximum absolute atomic E-state index is 5.97. The summed E-state index contributed by atoms with van der Waals surface area (Å²) in [6.07, 6.45) is 1.10. The Labute approximate surface area is 133 Å². The number of hydrogen-bond donors (Lipinski definition) is 1. The molecule has 0 bridgehead atoms. The Kier molecular flexibility index (Phi) is 6.13. The third-order valence-electron chi connectivity index (χ3n) is 3.32. The van der Waals surface area contributed by atoms with Gasteiger partial charge in [-0.3, -0.25) is 0 Å². The number of aryl methyl sites for hydroxylation is 1. The molecule has 0 radical (unpaired) electrons. The highest BCUT2D eigenvalue weighted by atomic mass is 16.5. The van der Waals surface area contributed by atoms with E-state index in [1.54, 1.807) is 0 Å². The predicted molar refractivity (Wildman–Crippen MR) is 92.0 cm³/mol. The van der Waals surface area contributed by atoms with Crippen molar-refractivity contribution in [1.82, 2.24) is 0 Å². The Morgan fingerprint density at radius 2 is 1.91 bits per heavy atom. The zero-order valence-electron chi connectivity index (χ0n) is 13.6. The summed E-state index contributed by atoms with van der Waals surface area (Å²) >= 11 is 0. The van der Waals surface area contributed by atoms with Gasteiger partial charge in [0, 0.05) is 11.8 Å². The number of hydrogen-bond acceptors (Lipinski definition) is 3. The van der Waals surface area contributed by atoms with Crippen molar-refractivity contribution in [2.45, 2.75) is 33.3 Å². The average molecular weight is 299 g/mol. The molecule has 1 atom stereocenters. The Hall–Kier alpha value is -2.16. The molecule has 2 aromatic carbocycles. The van der Waals surface area contributed by atoms with Crippen LogP contribution < -0.4 is 14.8 Å². The maximum Gasteiger partial charge on any atom is 0.122 e. The van der Waals surface area contributed by atoms with E-state index in [4.69, 9.17) is 9.47 Å². The third kappa shape index (κ3) is 4.99. The lowest BCUT2D eigenvalue weighted by Gasteiger charge is -2.18. The first-order valence-corrected chi connectivity index (χ1v) is 7.88. The van der Waals surface area contributed by atoms with Gasteiger partial charge in [0.25, 0.3) is 0 Å². The molecule has 3 nitrogen and oxygen atoms in total. The summed E-state index contributed by atoms with van der Waals surface area (Å²) < 4.78 is 11.6. The van der Waals surface area contributed by atoms with E-state index in [1.165, 1.54) is 0 Å². The lowest BCUT2D eigenvalue weighted by atomic mass is 10.2. The van der Waals surface area contributed by atoms with E-state index >= 15 is 0 Å². The molecule has 0 saturated heterocycles. The minimum atomic E-state index is 0.0846. The number of rotatable bonds is 8. The normalized spacial score (nSPS) is 11.8. The summed E-state index contributed by atoms with van der Waals surface area (Å²) in [6.45, 7) is 7.72. The molecular weight excluding hydrogens is 274 g/mol. The second kappa shape index (κ2) is 8.32. The summed E-state index contributed by atoms with van der Waals surface area (Å²) in [6, 6.07) is 16.1. The molecule has 0 spiro atoms. The summed E-state index contributed by atoms with van der Waals surface area (Å²) in [4.78, 5) is 0. The van der Waals surface area contributed by atoms with Crippen LogP contribution in [0.15, 0.2) is 48.5 Å². The molecule has 0 unspecified atom stereocenters. The molecular formula is C19H25NO2. The largest absolute Gasteiger partial charge is 0.494 e.